The van der Waals surface area contributed by atoms with Crippen molar-refractivity contribution >= 4 is 11.9 Å². The van der Waals surface area contributed by atoms with Crippen molar-refractivity contribution in [3.05, 3.63) is 0 Å². The molecule has 0 radical (unpaired) electrons. The lowest BCUT2D eigenvalue weighted by molar-refractivity contribution is -0.153. The van der Waals surface area contributed by atoms with Gasteiger partial charge in [0.05, 0.1) is 6.42 Å². The minimum absolute atomic E-state index is 0.000324. The largest absolute Gasteiger partial charge is 0.481 e. The zero-order valence-corrected chi connectivity index (χ0v) is 7.16. The standard InChI is InChI=1S/C8H12O4/c1-3-8(2)5(7(10)11)4-6(9)12-8/h5H,3-4H2,1-2H3,(H,10,11)/t5-,8+/m1/s1. The molecule has 12 heavy (non-hydrogen) atoms. The van der Waals surface area contributed by atoms with Crippen LogP contribution in [0.4, 0.5) is 0 Å². The van der Waals surface area contributed by atoms with Crippen LogP contribution in [0.5, 0.6) is 0 Å². The van der Waals surface area contributed by atoms with Crippen molar-refractivity contribution in [2.75, 3.05) is 0 Å². The molecule has 68 valence electrons. The fourth-order valence-corrected chi connectivity index (χ4v) is 1.42. The molecule has 1 fully saturated rings. The molecule has 0 amide bonds. The molecule has 2 atom stereocenters. The van der Waals surface area contributed by atoms with Crippen LogP contribution in [-0.2, 0) is 14.3 Å². The number of hydrogen-bond donors (Lipinski definition) is 1. The minimum atomic E-state index is -0.954. The Morgan fingerprint density at radius 2 is 2.42 bits per heavy atom. The first-order valence-corrected chi connectivity index (χ1v) is 3.94. The third-order valence-electron chi connectivity index (χ3n) is 2.46. The van der Waals surface area contributed by atoms with Crippen LogP contribution in [0.15, 0.2) is 0 Å². The number of hydrogen-bond acceptors (Lipinski definition) is 3. The van der Waals surface area contributed by atoms with E-state index in [1.54, 1.807) is 6.92 Å². The van der Waals surface area contributed by atoms with Gasteiger partial charge < -0.3 is 9.84 Å². The summed E-state index contributed by atoms with van der Waals surface area (Å²) in [6.45, 7) is 3.48. The molecule has 0 aliphatic carbocycles. The van der Waals surface area contributed by atoms with E-state index < -0.39 is 23.5 Å². The quantitative estimate of drug-likeness (QED) is 0.626. The van der Waals surface area contributed by atoms with Crippen molar-refractivity contribution in [3.8, 4) is 0 Å². The SMILES string of the molecule is CC[C@]1(C)OC(=O)C[C@@H]1C(=O)O. The lowest BCUT2D eigenvalue weighted by Crippen LogP contribution is -2.35. The highest BCUT2D eigenvalue weighted by Gasteiger charge is 2.48. The molecule has 1 rings (SSSR count). The number of carbonyl (C=O) groups excluding carboxylic acids is 1. The van der Waals surface area contributed by atoms with Crippen molar-refractivity contribution in [1.82, 2.24) is 0 Å². The molecule has 0 bridgehead atoms. The Morgan fingerprint density at radius 1 is 1.83 bits per heavy atom. The molecule has 1 saturated heterocycles. The van der Waals surface area contributed by atoms with Crippen molar-refractivity contribution in [2.45, 2.75) is 32.3 Å². The number of carboxylic acids is 1. The van der Waals surface area contributed by atoms with Crippen LogP contribution in [0.2, 0.25) is 0 Å². The van der Waals surface area contributed by atoms with Gasteiger partial charge in [-0.15, -0.1) is 0 Å². The molecule has 4 heteroatoms. The predicted molar refractivity (Wildman–Crippen MR) is 40.5 cm³/mol. The summed E-state index contributed by atoms with van der Waals surface area (Å²) in [4.78, 5) is 21.5. The van der Waals surface area contributed by atoms with E-state index in [1.165, 1.54) is 0 Å². The molecule has 4 nitrogen and oxygen atoms in total. The molecule has 0 unspecified atom stereocenters. The zero-order valence-electron chi connectivity index (χ0n) is 7.16. The van der Waals surface area contributed by atoms with Gasteiger partial charge in [-0.1, -0.05) is 6.92 Å². The van der Waals surface area contributed by atoms with E-state index in [4.69, 9.17) is 9.84 Å². The van der Waals surface area contributed by atoms with E-state index in [0.717, 1.165) is 0 Å². The van der Waals surface area contributed by atoms with Crippen LogP contribution in [0, 0.1) is 5.92 Å². The van der Waals surface area contributed by atoms with Gasteiger partial charge in [-0.25, -0.2) is 0 Å². The first kappa shape index (κ1) is 9.03. The third kappa shape index (κ3) is 1.29. The van der Waals surface area contributed by atoms with Gasteiger partial charge in [0.1, 0.15) is 11.5 Å². The highest BCUT2D eigenvalue weighted by Crippen LogP contribution is 2.35. The van der Waals surface area contributed by atoms with Gasteiger partial charge in [0, 0.05) is 0 Å². The predicted octanol–water partition coefficient (Wildman–Crippen LogP) is 0.803. The maximum absolute atomic E-state index is 10.8. The molecular formula is C8H12O4. The first-order valence-electron chi connectivity index (χ1n) is 3.94. The van der Waals surface area contributed by atoms with Gasteiger partial charge in [0.2, 0.25) is 0 Å². The topological polar surface area (TPSA) is 63.6 Å². The third-order valence-corrected chi connectivity index (χ3v) is 2.46. The van der Waals surface area contributed by atoms with Crippen molar-refractivity contribution in [2.24, 2.45) is 5.92 Å². The normalized spacial score (nSPS) is 34.8. The van der Waals surface area contributed by atoms with E-state index in [2.05, 4.69) is 0 Å². The Bertz CT molecular complexity index is 223. The highest BCUT2D eigenvalue weighted by molar-refractivity contribution is 5.83. The monoisotopic (exact) mass is 172 g/mol. The van der Waals surface area contributed by atoms with E-state index in [-0.39, 0.29) is 6.42 Å². The van der Waals surface area contributed by atoms with Crippen LogP contribution in [-0.4, -0.2) is 22.6 Å². The zero-order chi connectivity index (χ0) is 9.35. The van der Waals surface area contributed by atoms with Crippen LogP contribution in [0.25, 0.3) is 0 Å². The molecule has 1 heterocycles. The number of carboxylic acid groups (broad SMARTS) is 1. The van der Waals surface area contributed by atoms with Gasteiger partial charge in [-0.05, 0) is 13.3 Å². The van der Waals surface area contributed by atoms with Gasteiger partial charge in [0.25, 0.3) is 0 Å². The average Bonchev–Trinajstić information content (AvgIpc) is 2.27. The number of carbonyl (C=O) groups is 2. The number of esters is 1. The van der Waals surface area contributed by atoms with E-state index in [0.29, 0.717) is 6.42 Å². The Morgan fingerprint density at radius 3 is 2.75 bits per heavy atom. The number of ether oxygens (including phenoxy) is 1. The second-order valence-electron chi connectivity index (χ2n) is 3.24. The average molecular weight is 172 g/mol. The molecule has 0 aromatic heterocycles. The maximum Gasteiger partial charge on any atom is 0.311 e. The van der Waals surface area contributed by atoms with E-state index >= 15 is 0 Å². The summed E-state index contributed by atoms with van der Waals surface area (Å²) >= 11 is 0. The first-order chi connectivity index (χ1) is 5.49. The lowest BCUT2D eigenvalue weighted by Gasteiger charge is -2.24. The summed E-state index contributed by atoms with van der Waals surface area (Å²) in [5, 5.41) is 8.77. The number of aliphatic carboxylic acids is 1. The second kappa shape index (κ2) is 2.77. The van der Waals surface area contributed by atoms with Gasteiger partial charge in [0.15, 0.2) is 0 Å². The summed E-state index contributed by atoms with van der Waals surface area (Å²) in [6.07, 6.45) is 0.537. The Labute approximate surface area is 70.5 Å². The van der Waals surface area contributed by atoms with Gasteiger partial charge in [-0.2, -0.15) is 0 Å². The molecule has 1 N–H and O–H groups in total. The Balaban J connectivity index is 2.86. The molecular weight excluding hydrogens is 160 g/mol. The molecule has 1 aliphatic rings. The molecule has 0 aromatic rings. The van der Waals surface area contributed by atoms with Gasteiger partial charge in [-0.3, -0.25) is 9.59 Å². The van der Waals surface area contributed by atoms with Crippen LogP contribution < -0.4 is 0 Å². The van der Waals surface area contributed by atoms with Crippen molar-refractivity contribution in [1.29, 1.82) is 0 Å². The summed E-state index contributed by atoms with van der Waals surface area (Å²) < 4.78 is 4.95. The van der Waals surface area contributed by atoms with E-state index in [9.17, 15) is 9.59 Å². The lowest BCUT2D eigenvalue weighted by atomic mass is 9.87. The fraction of sp³-hybridized carbons (Fsp3) is 0.750. The van der Waals surface area contributed by atoms with Crippen molar-refractivity contribution < 1.29 is 19.4 Å². The molecule has 0 spiro atoms. The smallest absolute Gasteiger partial charge is 0.311 e. The molecule has 1 aliphatic heterocycles. The summed E-state index contributed by atoms with van der Waals surface area (Å²) in [5.74, 6) is -2.05. The fourth-order valence-electron chi connectivity index (χ4n) is 1.42. The molecule has 0 aromatic carbocycles. The number of cyclic esters (lactones) is 1. The molecule has 0 saturated carbocycles. The van der Waals surface area contributed by atoms with Crippen molar-refractivity contribution in [3.63, 3.8) is 0 Å². The Hall–Kier alpha value is -1.06. The van der Waals surface area contributed by atoms with Crippen LogP contribution in [0.3, 0.4) is 0 Å². The summed E-state index contributed by atoms with van der Waals surface area (Å²) in [6, 6.07) is 0. The highest BCUT2D eigenvalue weighted by atomic mass is 16.6. The van der Waals surface area contributed by atoms with Crippen LogP contribution >= 0.6 is 0 Å². The van der Waals surface area contributed by atoms with Gasteiger partial charge >= 0.3 is 11.9 Å². The summed E-state index contributed by atoms with van der Waals surface area (Å²) in [5.41, 5.74) is -0.803. The number of rotatable bonds is 2. The van der Waals surface area contributed by atoms with E-state index in [1.807, 2.05) is 6.92 Å². The minimum Gasteiger partial charge on any atom is -0.481 e. The summed E-state index contributed by atoms with van der Waals surface area (Å²) in [7, 11) is 0. The second-order valence-corrected chi connectivity index (χ2v) is 3.24. The Kier molecular flexibility index (Phi) is 2.08. The maximum atomic E-state index is 10.8. The van der Waals surface area contributed by atoms with Crippen LogP contribution in [0.1, 0.15) is 26.7 Å².